The summed E-state index contributed by atoms with van der Waals surface area (Å²) >= 11 is 12.0. The Bertz CT molecular complexity index is 1210. The van der Waals surface area contributed by atoms with E-state index in [2.05, 4.69) is 15.1 Å². The number of fused-ring (bicyclic) bond motifs is 1. The minimum Gasteiger partial charge on any atom is -0.354 e. The van der Waals surface area contributed by atoms with Crippen LogP contribution in [0.4, 0.5) is 19.0 Å². The van der Waals surface area contributed by atoms with Crippen LogP contribution < -0.4 is 4.90 Å². The van der Waals surface area contributed by atoms with Crippen molar-refractivity contribution in [1.82, 2.24) is 23.9 Å². The average molecular weight is 481 g/mol. The van der Waals surface area contributed by atoms with E-state index in [0.29, 0.717) is 0 Å². The van der Waals surface area contributed by atoms with Gasteiger partial charge in [-0.3, -0.25) is 0 Å². The van der Waals surface area contributed by atoms with Gasteiger partial charge in [0.05, 0.1) is 10.0 Å². The number of rotatable bonds is 3. The SMILES string of the molecule is O=S(=O)(c1cccc(Cl)c1Cl)N1CCN(c2cc(C(F)(F)F)nc3ncnn23)CC1. The van der Waals surface area contributed by atoms with Crippen molar-refractivity contribution in [3.8, 4) is 0 Å². The highest BCUT2D eigenvalue weighted by Crippen LogP contribution is 2.33. The molecule has 0 atom stereocenters. The van der Waals surface area contributed by atoms with Gasteiger partial charge in [0.1, 0.15) is 17.0 Å². The molecule has 0 radical (unpaired) electrons. The largest absolute Gasteiger partial charge is 0.433 e. The molecule has 3 aromatic rings. The van der Waals surface area contributed by atoms with Crippen molar-refractivity contribution in [2.45, 2.75) is 11.1 Å². The molecule has 0 spiro atoms. The van der Waals surface area contributed by atoms with Crippen LogP contribution in [0.1, 0.15) is 5.69 Å². The predicted octanol–water partition coefficient (Wildman–Crippen LogP) is 2.96. The van der Waals surface area contributed by atoms with E-state index >= 15 is 0 Å². The van der Waals surface area contributed by atoms with Crippen LogP contribution in [0.2, 0.25) is 10.0 Å². The van der Waals surface area contributed by atoms with Crippen LogP contribution in [0.5, 0.6) is 0 Å². The molecule has 1 aromatic carbocycles. The number of alkyl halides is 3. The normalized spacial score (nSPS) is 16.4. The van der Waals surface area contributed by atoms with Gasteiger partial charge in [0.25, 0.3) is 5.78 Å². The molecule has 0 N–H and O–H groups in total. The highest BCUT2D eigenvalue weighted by atomic mass is 35.5. The van der Waals surface area contributed by atoms with E-state index in [4.69, 9.17) is 23.2 Å². The van der Waals surface area contributed by atoms with Gasteiger partial charge < -0.3 is 4.90 Å². The molecule has 0 saturated carbocycles. The van der Waals surface area contributed by atoms with E-state index in [-0.39, 0.29) is 52.7 Å². The first kappa shape index (κ1) is 21.1. The topological polar surface area (TPSA) is 83.7 Å². The van der Waals surface area contributed by atoms with Crippen molar-refractivity contribution in [3.05, 3.63) is 46.3 Å². The number of aromatic nitrogens is 4. The summed E-state index contributed by atoms with van der Waals surface area (Å²) in [6, 6.07) is 5.19. The van der Waals surface area contributed by atoms with Gasteiger partial charge in [-0.25, -0.2) is 13.4 Å². The van der Waals surface area contributed by atoms with Crippen LogP contribution >= 0.6 is 23.2 Å². The van der Waals surface area contributed by atoms with Gasteiger partial charge in [0.15, 0.2) is 5.69 Å². The molecule has 30 heavy (non-hydrogen) atoms. The maximum absolute atomic E-state index is 13.2. The summed E-state index contributed by atoms with van der Waals surface area (Å²) in [5.74, 6) is -0.0664. The molecule has 1 fully saturated rings. The van der Waals surface area contributed by atoms with Crippen molar-refractivity contribution in [2.24, 2.45) is 0 Å². The fourth-order valence-corrected chi connectivity index (χ4v) is 5.31. The van der Waals surface area contributed by atoms with Crippen LogP contribution in [0.25, 0.3) is 5.78 Å². The predicted molar refractivity (Wildman–Crippen MR) is 103 cm³/mol. The van der Waals surface area contributed by atoms with Gasteiger partial charge >= 0.3 is 6.18 Å². The minimum absolute atomic E-state index is 0.0328. The Hall–Kier alpha value is -2.15. The standard InChI is InChI=1S/C16H13Cl2F3N6O2S/c17-10-2-1-3-11(14(10)18)30(28,29)26-6-4-25(5-7-26)13-8-12(16(19,20)21)24-15-22-9-23-27(13)15/h1-3,8-9H,4-7H2. The van der Waals surface area contributed by atoms with E-state index in [0.717, 1.165) is 12.4 Å². The Morgan fingerprint density at radius 3 is 2.43 bits per heavy atom. The number of halogens is 5. The average Bonchev–Trinajstić information content (AvgIpc) is 3.17. The zero-order valence-corrected chi connectivity index (χ0v) is 17.3. The third kappa shape index (κ3) is 3.68. The molecule has 160 valence electrons. The van der Waals surface area contributed by atoms with Crippen LogP contribution in [0, 0.1) is 0 Å². The smallest absolute Gasteiger partial charge is 0.354 e. The number of hydrogen-bond donors (Lipinski definition) is 0. The maximum atomic E-state index is 13.2. The lowest BCUT2D eigenvalue weighted by Gasteiger charge is -2.35. The molecule has 14 heteroatoms. The molecule has 1 aliphatic heterocycles. The summed E-state index contributed by atoms with van der Waals surface area (Å²) in [4.78, 5) is 8.70. The first-order chi connectivity index (χ1) is 14.1. The van der Waals surface area contributed by atoms with Gasteiger partial charge in [0.2, 0.25) is 10.0 Å². The molecule has 0 aliphatic carbocycles. The summed E-state index contributed by atoms with van der Waals surface area (Å²) in [6.07, 6.45) is -3.55. The van der Waals surface area contributed by atoms with E-state index in [1.54, 1.807) is 4.90 Å². The van der Waals surface area contributed by atoms with E-state index in [1.807, 2.05) is 0 Å². The Morgan fingerprint density at radius 1 is 1.07 bits per heavy atom. The van der Waals surface area contributed by atoms with Crippen molar-refractivity contribution in [2.75, 3.05) is 31.1 Å². The lowest BCUT2D eigenvalue weighted by atomic mass is 10.3. The van der Waals surface area contributed by atoms with Gasteiger partial charge in [-0.2, -0.15) is 32.1 Å². The van der Waals surface area contributed by atoms with Crippen LogP contribution in [0.15, 0.2) is 35.5 Å². The van der Waals surface area contributed by atoms with Gasteiger partial charge in [-0.1, -0.05) is 29.3 Å². The van der Waals surface area contributed by atoms with E-state index in [1.165, 1.54) is 27.0 Å². The van der Waals surface area contributed by atoms with Crippen LogP contribution in [-0.2, 0) is 16.2 Å². The summed E-state index contributed by atoms with van der Waals surface area (Å²) < 4.78 is 67.9. The highest BCUT2D eigenvalue weighted by molar-refractivity contribution is 7.89. The molecule has 4 rings (SSSR count). The number of nitrogens with zero attached hydrogens (tertiary/aromatic N) is 6. The van der Waals surface area contributed by atoms with Gasteiger partial charge in [0, 0.05) is 32.2 Å². The number of sulfonamides is 1. The van der Waals surface area contributed by atoms with E-state index < -0.39 is 21.9 Å². The second-order valence-electron chi connectivity index (χ2n) is 6.41. The van der Waals surface area contributed by atoms with Crippen molar-refractivity contribution >= 4 is 44.8 Å². The molecule has 0 unspecified atom stereocenters. The molecular formula is C16H13Cl2F3N6O2S. The number of anilines is 1. The molecule has 8 nitrogen and oxygen atoms in total. The van der Waals surface area contributed by atoms with Crippen molar-refractivity contribution in [1.29, 1.82) is 0 Å². The maximum Gasteiger partial charge on any atom is 0.433 e. The first-order valence-corrected chi connectivity index (χ1v) is 10.8. The lowest BCUT2D eigenvalue weighted by molar-refractivity contribution is -0.141. The molecule has 1 saturated heterocycles. The van der Waals surface area contributed by atoms with Gasteiger partial charge in [-0.05, 0) is 12.1 Å². The molecular weight excluding hydrogens is 468 g/mol. The summed E-state index contributed by atoms with van der Waals surface area (Å²) in [5, 5.41) is 3.96. The molecule has 0 bridgehead atoms. The van der Waals surface area contributed by atoms with Gasteiger partial charge in [-0.15, -0.1) is 0 Å². The Morgan fingerprint density at radius 2 is 1.77 bits per heavy atom. The highest BCUT2D eigenvalue weighted by Gasteiger charge is 2.36. The Labute approximate surface area is 178 Å². The summed E-state index contributed by atoms with van der Waals surface area (Å²) in [6.45, 7) is 0.331. The summed E-state index contributed by atoms with van der Waals surface area (Å²) in [7, 11) is -3.92. The third-order valence-corrected chi connectivity index (χ3v) is 7.49. The fraction of sp³-hybridized carbons (Fsp3) is 0.312. The second-order valence-corrected chi connectivity index (χ2v) is 9.10. The number of benzene rings is 1. The molecule has 2 aromatic heterocycles. The van der Waals surface area contributed by atoms with E-state index in [9.17, 15) is 21.6 Å². The van der Waals surface area contributed by atoms with Crippen molar-refractivity contribution < 1.29 is 21.6 Å². The second kappa shape index (κ2) is 7.52. The number of piperazine rings is 1. The minimum atomic E-state index is -4.66. The first-order valence-electron chi connectivity index (χ1n) is 8.56. The lowest BCUT2D eigenvalue weighted by Crippen LogP contribution is -2.49. The molecule has 0 amide bonds. The zero-order chi connectivity index (χ0) is 21.7. The Balaban J connectivity index is 1.61. The Kier molecular flexibility index (Phi) is 5.29. The monoisotopic (exact) mass is 480 g/mol. The molecule has 3 heterocycles. The molecule has 1 aliphatic rings. The van der Waals surface area contributed by atoms with Crippen molar-refractivity contribution in [3.63, 3.8) is 0 Å². The van der Waals surface area contributed by atoms with Crippen LogP contribution in [0.3, 0.4) is 0 Å². The quantitative estimate of drug-likeness (QED) is 0.572. The number of hydrogen-bond acceptors (Lipinski definition) is 6. The zero-order valence-electron chi connectivity index (χ0n) is 15.0. The fourth-order valence-electron chi connectivity index (χ4n) is 3.15. The van der Waals surface area contributed by atoms with Crippen LogP contribution in [-0.4, -0.2) is 58.5 Å². The summed E-state index contributed by atoms with van der Waals surface area (Å²) in [5.41, 5.74) is -1.10. The third-order valence-electron chi connectivity index (χ3n) is 4.62.